The number of amides is 2. The van der Waals surface area contributed by atoms with Crippen molar-refractivity contribution in [3.8, 4) is 11.5 Å². The van der Waals surface area contributed by atoms with Crippen LogP contribution in [0.15, 0.2) is 41.4 Å². The van der Waals surface area contributed by atoms with E-state index < -0.39 is 29.0 Å². The Labute approximate surface area is 205 Å². The molecule has 3 rings (SSSR count). The highest BCUT2D eigenvalue weighted by Gasteiger charge is 2.31. The lowest BCUT2D eigenvalue weighted by molar-refractivity contribution is -0.123. The second-order valence-corrected chi connectivity index (χ2v) is 8.28. The molecule has 12 heteroatoms. The summed E-state index contributed by atoms with van der Waals surface area (Å²) in [4.78, 5) is 53.7. The number of anilines is 1. The molecule has 1 unspecified atom stereocenters. The highest BCUT2D eigenvalue weighted by molar-refractivity contribution is 8.15. The predicted molar refractivity (Wildman–Crippen MR) is 129 cm³/mol. The first-order valence-electron chi connectivity index (χ1n) is 10.2. The summed E-state index contributed by atoms with van der Waals surface area (Å²) in [6.07, 6.45) is -0.106. The normalized spacial score (nSPS) is 16.2. The summed E-state index contributed by atoms with van der Waals surface area (Å²) >= 11 is 1.05. The van der Waals surface area contributed by atoms with Crippen LogP contribution < -0.4 is 20.1 Å². The van der Waals surface area contributed by atoms with Crippen LogP contribution in [-0.2, 0) is 19.1 Å². The number of nitrogens with one attached hydrogen (secondary N) is 2. The molecule has 184 valence electrons. The topological polar surface area (TPSA) is 142 Å². The molecule has 1 aliphatic heterocycles. The van der Waals surface area contributed by atoms with Crippen LogP contribution in [0.3, 0.4) is 0 Å². The highest BCUT2D eigenvalue weighted by Crippen LogP contribution is 2.33. The number of thioether (sulfide) groups is 1. The van der Waals surface area contributed by atoms with Gasteiger partial charge in [0.2, 0.25) is 11.8 Å². The number of benzene rings is 2. The van der Waals surface area contributed by atoms with Gasteiger partial charge in [0.25, 0.3) is 0 Å². The molecular formula is C23H23N3O8S. The fourth-order valence-corrected chi connectivity index (χ4v) is 4.13. The molecule has 2 N–H and O–H groups in total. The number of methoxy groups -OCH3 is 4. The lowest BCUT2D eigenvalue weighted by Crippen LogP contribution is -2.41. The van der Waals surface area contributed by atoms with Gasteiger partial charge in [-0.3, -0.25) is 9.59 Å². The van der Waals surface area contributed by atoms with E-state index in [4.69, 9.17) is 18.9 Å². The molecule has 2 aromatic rings. The maximum atomic E-state index is 13.0. The largest absolute Gasteiger partial charge is 0.497 e. The van der Waals surface area contributed by atoms with Crippen LogP contribution in [0, 0.1) is 0 Å². The van der Waals surface area contributed by atoms with Gasteiger partial charge in [-0.1, -0.05) is 11.8 Å². The van der Waals surface area contributed by atoms with Crippen molar-refractivity contribution in [1.29, 1.82) is 0 Å². The van der Waals surface area contributed by atoms with E-state index in [1.54, 1.807) is 18.2 Å². The first-order valence-corrected chi connectivity index (χ1v) is 11.1. The van der Waals surface area contributed by atoms with Gasteiger partial charge in [0.1, 0.15) is 22.4 Å². The molecule has 0 radical (unpaired) electrons. The maximum absolute atomic E-state index is 13.0. The van der Waals surface area contributed by atoms with Crippen LogP contribution in [-0.4, -0.2) is 62.6 Å². The van der Waals surface area contributed by atoms with Crippen LogP contribution in [0.2, 0.25) is 0 Å². The Morgan fingerprint density at radius 2 is 1.63 bits per heavy atom. The van der Waals surface area contributed by atoms with Crippen molar-refractivity contribution < 1.29 is 38.1 Å². The molecule has 0 aromatic heterocycles. The third-order valence-corrected chi connectivity index (χ3v) is 5.90. The number of carbonyl (C=O) groups excluding carboxylic acids is 4. The van der Waals surface area contributed by atoms with Crippen molar-refractivity contribution in [1.82, 2.24) is 5.32 Å². The van der Waals surface area contributed by atoms with Crippen molar-refractivity contribution >= 4 is 52.1 Å². The molecular weight excluding hydrogens is 478 g/mol. The Morgan fingerprint density at radius 3 is 2.20 bits per heavy atom. The van der Waals surface area contributed by atoms with Gasteiger partial charge < -0.3 is 29.6 Å². The molecule has 1 aliphatic rings. The van der Waals surface area contributed by atoms with Crippen LogP contribution in [0.25, 0.3) is 0 Å². The summed E-state index contributed by atoms with van der Waals surface area (Å²) in [6, 6.07) is 9.03. The lowest BCUT2D eigenvalue weighted by Gasteiger charge is -2.22. The molecule has 1 heterocycles. The predicted octanol–water partition coefficient (Wildman–Crippen LogP) is 2.52. The van der Waals surface area contributed by atoms with E-state index >= 15 is 0 Å². The Morgan fingerprint density at radius 1 is 0.971 bits per heavy atom. The number of amidine groups is 1. The summed E-state index contributed by atoms with van der Waals surface area (Å²) < 4.78 is 19.9. The third-order valence-electron chi connectivity index (χ3n) is 4.81. The van der Waals surface area contributed by atoms with Crippen LogP contribution in [0.1, 0.15) is 27.1 Å². The number of nitrogens with zero attached hydrogens (tertiary/aromatic N) is 1. The minimum atomic E-state index is -0.831. The van der Waals surface area contributed by atoms with Crippen molar-refractivity contribution in [3.05, 3.63) is 47.5 Å². The number of aliphatic imine (C=N–C) groups is 1. The molecule has 35 heavy (non-hydrogen) atoms. The fraction of sp³-hybridized carbons (Fsp3) is 0.261. The molecule has 0 aliphatic carbocycles. The average Bonchev–Trinajstić information content (AvgIpc) is 2.86. The molecule has 1 atom stereocenters. The highest BCUT2D eigenvalue weighted by atomic mass is 32.2. The maximum Gasteiger partial charge on any atom is 0.337 e. The number of carbonyl (C=O) groups is 4. The van der Waals surface area contributed by atoms with Crippen LogP contribution in [0.4, 0.5) is 11.4 Å². The summed E-state index contributed by atoms with van der Waals surface area (Å²) in [5.74, 6) is -1.32. The molecule has 11 nitrogen and oxygen atoms in total. The van der Waals surface area contributed by atoms with Crippen LogP contribution in [0.5, 0.6) is 11.5 Å². The molecule has 0 spiro atoms. The van der Waals surface area contributed by atoms with Gasteiger partial charge in [0, 0.05) is 18.2 Å². The van der Waals surface area contributed by atoms with E-state index in [-0.39, 0.29) is 28.4 Å². The molecule has 0 bridgehead atoms. The first kappa shape index (κ1) is 25.6. The van der Waals surface area contributed by atoms with Gasteiger partial charge in [0.15, 0.2) is 5.17 Å². The Kier molecular flexibility index (Phi) is 8.31. The monoisotopic (exact) mass is 501 g/mol. The first-order chi connectivity index (χ1) is 16.8. The van der Waals surface area contributed by atoms with Gasteiger partial charge in [-0.05, 0) is 30.3 Å². The SMILES string of the molecule is COC(=O)c1cc(NC(=O)C2CC(=O)NC(=Nc3cc(OC)ccc3OC)S2)cc(C(=O)OC)c1. The standard InChI is InChI=1S/C23H23N3O8S/c1-31-15-5-6-17(32-2)16(10-15)25-23-26-19(27)11-18(35-23)20(28)24-14-8-12(21(29)33-3)7-13(9-14)22(30)34-4/h5-10,18H,11H2,1-4H3,(H,24,28)(H,25,26,27). The van der Waals surface area contributed by atoms with Gasteiger partial charge in [-0.2, -0.15) is 0 Å². The second-order valence-electron chi connectivity index (χ2n) is 7.08. The molecule has 1 saturated heterocycles. The molecule has 2 amide bonds. The van der Waals surface area contributed by atoms with Crippen molar-refractivity contribution in [2.75, 3.05) is 33.8 Å². The zero-order valence-electron chi connectivity index (χ0n) is 19.4. The van der Waals surface area contributed by atoms with Crippen molar-refractivity contribution in [3.63, 3.8) is 0 Å². The van der Waals surface area contributed by atoms with Crippen molar-refractivity contribution in [2.24, 2.45) is 4.99 Å². The molecule has 1 fully saturated rings. The van der Waals surface area contributed by atoms with Gasteiger partial charge >= 0.3 is 11.9 Å². The second kappa shape index (κ2) is 11.4. The fourth-order valence-electron chi connectivity index (χ4n) is 3.13. The minimum Gasteiger partial charge on any atom is -0.497 e. The zero-order valence-corrected chi connectivity index (χ0v) is 20.2. The third kappa shape index (κ3) is 6.29. The summed E-state index contributed by atoms with van der Waals surface area (Å²) in [5.41, 5.74) is 0.668. The Balaban J connectivity index is 1.85. The minimum absolute atomic E-state index is 0.0483. The van der Waals surface area contributed by atoms with E-state index in [1.165, 1.54) is 46.6 Å². The smallest absolute Gasteiger partial charge is 0.337 e. The Bertz CT molecular complexity index is 1160. The number of hydrogen-bond donors (Lipinski definition) is 2. The average molecular weight is 502 g/mol. The zero-order chi connectivity index (χ0) is 25.5. The summed E-state index contributed by atoms with van der Waals surface area (Å²) in [7, 11) is 5.39. The summed E-state index contributed by atoms with van der Waals surface area (Å²) in [5, 5.41) is 4.65. The Hall–Kier alpha value is -4.06. The number of esters is 2. The lowest BCUT2D eigenvalue weighted by atomic mass is 10.1. The van der Waals surface area contributed by atoms with Gasteiger partial charge in [-0.25, -0.2) is 14.6 Å². The molecule has 0 saturated carbocycles. The van der Waals surface area contributed by atoms with E-state index in [0.29, 0.717) is 17.2 Å². The van der Waals surface area contributed by atoms with Gasteiger partial charge in [0.05, 0.1) is 39.6 Å². The van der Waals surface area contributed by atoms with Crippen LogP contribution >= 0.6 is 11.8 Å². The van der Waals surface area contributed by atoms with E-state index in [2.05, 4.69) is 15.6 Å². The summed E-state index contributed by atoms with van der Waals surface area (Å²) in [6.45, 7) is 0. The number of hydrogen-bond acceptors (Lipinski definition) is 10. The number of rotatable bonds is 7. The number of ether oxygens (including phenoxy) is 4. The molecule has 2 aromatic carbocycles. The van der Waals surface area contributed by atoms with Crippen molar-refractivity contribution in [2.45, 2.75) is 11.7 Å². The van der Waals surface area contributed by atoms with E-state index in [1.807, 2.05) is 0 Å². The van der Waals surface area contributed by atoms with E-state index in [0.717, 1.165) is 11.8 Å². The quantitative estimate of drug-likeness (QED) is 0.547. The van der Waals surface area contributed by atoms with Gasteiger partial charge in [-0.15, -0.1) is 0 Å². The van der Waals surface area contributed by atoms with E-state index in [9.17, 15) is 19.2 Å².